The molecule has 3 heteroatoms. The third-order valence-electron chi connectivity index (χ3n) is 1.50. The third-order valence-corrected chi connectivity index (χ3v) is 1.50. The molecule has 0 radical (unpaired) electrons. The molecule has 0 saturated carbocycles. The second kappa shape index (κ2) is 5.64. The summed E-state index contributed by atoms with van der Waals surface area (Å²) >= 11 is 0. The molecule has 0 atom stereocenters. The summed E-state index contributed by atoms with van der Waals surface area (Å²) in [6.07, 6.45) is 1.58. The van der Waals surface area contributed by atoms with E-state index in [1.165, 1.54) is 6.92 Å². The Labute approximate surface area is 89.5 Å². The summed E-state index contributed by atoms with van der Waals surface area (Å²) < 4.78 is 0. The van der Waals surface area contributed by atoms with Crippen molar-refractivity contribution in [2.24, 2.45) is 0 Å². The van der Waals surface area contributed by atoms with E-state index in [0.29, 0.717) is 0 Å². The zero-order valence-corrected chi connectivity index (χ0v) is 7.78. The summed E-state index contributed by atoms with van der Waals surface area (Å²) in [5.74, 6) is -1.13. The molecule has 2 nitrogen and oxygen atoms in total. The van der Waals surface area contributed by atoms with Gasteiger partial charge in [-0.25, -0.2) is 0 Å². The van der Waals surface area contributed by atoms with E-state index in [0.717, 1.165) is 5.56 Å². The monoisotopic (exact) mass is 168 g/mol. The largest absolute Gasteiger partial charge is 1.00 e. The van der Waals surface area contributed by atoms with Crippen LogP contribution < -0.4 is 24.0 Å². The molecule has 0 unspecified atom stereocenters. The zero-order valence-electron chi connectivity index (χ0n) is 7.78. The smallest absolute Gasteiger partial charge is 0.545 e. The summed E-state index contributed by atoms with van der Waals surface area (Å²) in [5.41, 5.74) is 1.11. The fourth-order valence-electron chi connectivity index (χ4n) is 0.858. The number of hydrogen-bond donors (Lipinski definition) is 0. The van der Waals surface area contributed by atoms with Gasteiger partial charge in [0, 0.05) is 0 Å². The Morgan fingerprint density at radius 2 is 1.85 bits per heavy atom. The maximum atomic E-state index is 10.3. The van der Waals surface area contributed by atoms with Gasteiger partial charge in [-0.15, -0.1) is 0 Å². The van der Waals surface area contributed by atoms with E-state index >= 15 is 0 Å². The summed E-state index contributed by atoms with van der Waals surface area (Å²) in [7, 11) is 0. The van der Waals surface area contributed by atoms with Crippen molar-refractivity contribution in [2.45, 2.75) is 6.92 Å². The second-order valence-corrected chi connectivity index (χ2v) is 2.53. The molecule has 0 saturated heterocycles. The van der Waals surface area contributed by atoms with E-state index in [4.69, 9.17) is 0 Å². The molecule has 0 amide bonds. The first kappa shape index (κ1) is 12.0. The van der Waals surface area contributed by atoms with Crippen molar-refractivity contribution in [1.29, 1.82) is 0 Å². The number of carbonyl (C=O) groups is 1. The van der Waals surface area contributed by atoms with E-state index in [-0.39, 0.29) is 24.4 Å². The van der Waals surface area contributed by atoms with Crippen molar-refractivity contribution in [3.63, 3.8) is 0 Å². The van der Waals surface area contributed by atoms with Crippen LogP contribution in [0.25, 0.3) is 6.08 Å². The van der Waals surface area contributed by atoms with Gasteiger partial charge in [0.25, 0.3) is 0 Å². The van der Waals surface area contributed by atoms with Crippen LogP contribution in [0.4, 0.5) is 0 Å². The zero-order chi connectivity index (χ0) is 8.97. The summed E-state index contributed by atoms with van der Waals surface area (Å²) in [6.45, 7) is 1.52. The van der Waals surface area contributed by atoms with Crippen LogP contribution >= 0.6 is 0 Å². The van der Waals surface area contributed by atoms with Crippen molar-refractivity contribution < 1.29 is 28.8 Å². The predicted molar refractivity (Wildman–Crippen MR) is 45.1 cm³/mol. The molecule has 1 aromatic carbocycles. The van der Waals surface area contributed by atoms with Crippen LogP contribution in [0.5, 0.6) is 0 Å². The van der Waals surface area contributed by atoms with E-state index in [1.54, 1.807) is 6.08 Å². The molecule has 13 heavy (non-hydrogen) atoms. The van der Waals surface area contributed by atoms with Crippen LogP contribution in [0.15, 0.2) is 35.9 Å². The van der Waals surface area contributed by atoms with Crippen LogP contribution in [0.3, 0.4) is 0 Å². The molecule has 0 aliphatic heterocycles. The van der Waals surface area contributed by atoms with Gasteiger partial charge in [0.15, 0.2) is 0 Å². The molecule has 0 fully saturated rings. The van der Waals surface area contributed by atoms with Crippen LogP contribution in [0.2, 0.25) is 0 Å². The van der Waals surface area contributed by atoms with Crippen LogP contribution in [-0.2, 0) is 4.79 Å². The minimum Gasteiger partial charge on any atom is -0.545 e. The third kappa shape index (κ3) is 3.98. The van der Waals surface area contributed by atoms with E-state index in [2.05, 4.69) is 0 Å². The topological polar surface area (TPSA) is 40.1 Å². The average molecular weight is 168 g/mol. The Balaban J connectivity index is 0.00000144. The quantitative estimate of drug-likeness (QED) is 0.373. The van der Waals surface area contributed by atoms with E-state index in [1.807, 2.05) is 30.3 Å². The molecule has 0 aliphatic carbocycles. The van der Waals surface area contributed by atoms with Gasteiger partial charge in [-0.1, -0.05) is 36.4 Å². The van der Waals surface area contributed by atoms with Crippen molar-refractivity contribution in [2.75, 3.05) is 0 Å². The Kier molecular flexibility index (Phi) is 5.21. The van der Waals surface area contributed by atoms with Gasteiger partial charge in [-0.3, -0.25) is 0 Å². The number of rotatable bonds is 2. The Hall–Kier alpha value is -0.973. The van der Waals surface area contributed by atoms with E-state index < -0.39 is 5.97 Å². The number of carboxylic acids is 1. The molecule has 0 spiro atoms. The molecule has 0 aliphatic rings. The molecule has 1 rings (SSSR count). The summed E-state index contributed by atoms with van der Waals surface area (Å²) in [6, 6.07) is 9.27. The summed E-state index contributed by atoms with van der Waals surface area (Å²) in [5, 5.41) is 10.3. The normalized spacial score (nSPS) is 10.4. The maximum Gasteiger partial charge on any atom is 1.00 e. The van der Waals surface area contributed by atoms with Crippen molar-refractivity contribution in [1.82, 2.24) is 0 Å². The van der Waals surface area contributed by atoms with Gasteiger partial charge in [-0.05, 0) is 18.1 Å². The Bertz CT molecular complexity index is 304. The standard InChI is InChI=1S/C10H10O2.Li/c1-8(10(11)12)7-9-5-3-2-4-6-9;/h2-7H,1H3,(H,11,12);/q;+1/p-1/b8-7+;. The molecule has 0 aromatic heterocycles. The summed E-state index contributed by atoms with van der Waals surface area (Å²) in [4.78, 5) is 10.3. The molecular weight excluding hydrogens is 159 g/mol. The van der Waals surface area contributed by atoms with Gasteiger partial charge >= 0.3 is 18.9 Å². The van der Waals surface area contributed by atoms with Gasteiger partial charge in [-0.2, -0.15) is 0 Å². The van der Waals surface area contributed by atoms with Gasteiger partial charge in [0.1, 0.15) is 0 Å². The number of carboxylic acid groups (broad SMARTS) is 1. The maximum absolute atomic E-state index is 10.3. The van der Waals surface area contributed by atoms with Crippen molar-refractivity contribution in [3.05, 3.63) is 41.5 Å². The van der Waals surface area contributed by atoms with Crippen LogP contribution in [0.1, 0.15) is 12.5 Å². The number of hydrogen-bond acceptors (Lipinski definition) is 2. The first-order chi connectivity index (χ1) is 5.70. The minimum atomic E-state index is -1.13. The molecule has 0 heterocycles. The van der Waals surface area contributed by atoms with E-state index in [9.17, 15) is 9.90 Å². The number of benzene rings is 1. The van der Waals surface area contributed by atoms with Crippen molar-refractivity contribution in [3.8, 4) is 0 Å². The fraction of sp³-hybridized carbons (Fsp3) is 0.100. The molecule has 0 N–H and O–H groups in total. The molecule has 62 valence electrons. The molecule has 1 aromatic rings. The van der Waals surface area contributed by atoms with Gasteiger partial charge in [0.2, 0.25) is 0 Å². The molecule has 0 bridgehead atoms. The van der Waals surface area contributed by atoms with Gasteiger partial charge in [0.05, 0.1) is 5.97 Å². The molecular formula is C10H9LiO2. The number of carbonyl (C=O) groups excluding carboxylic acids is 1. The fourth-order valence-corrected chi connectivity index (χ4v) is 0.858. The van der Waals surface area contributed by atoms with Crippen LogP contribution in [0, 0.1) is 0 Å². The Morgan fingerprint density at radius 1 is 1.31 bits per heavy atom. The first-order valence-electron chi connectivity index (χ1n) is 3.65. The minimum absolute atomic E-state index is 0. The number of aliphatic carboxylic acids is 1. The first-order valence-corrected chi connectivity index (χ1v) is 3.65. The van der Waals surface area contributed by atoms with Crippen LogP contribution in [-0.4, -0.2) is 5.97 Å². The second-order valence-electron chi connectivity index (χ2n) is 2.53. The predicted octanol–water partition coefficient (Wildman–Crippen LogP) is -2.16. The average Bonchev–Trinajstić information content (AvgIpc) is 2.06. The Morgan fingerprint density at radius 3 is 2.31 bits per heavy atom. The van der Waals surface area contributed by atoms with Gasteiger partial charge < -0.3 is 9.90 Å². The SMILES string of the molecule is C/C(=C\c1ccccc1)C(=O)[O-].[Li+]. The van der Waals surface area contributed by atoms with Crippen molar-refractivity contribution >= 4 is 12.0 Å².